The first-order chi connectivity index (χ1) is 13.8. The molecule has 3 heterocycles. The number of carboxylic acid groups (broad SMARTS) is 1. The summed E-state index contributed by atoms with van der Waals surface area (Å²) in [4.78, 5) is 23.1. The lowest BCUT2D eigenvalue weighted by Crippen LogP contribution is -2.38. The van der Waals surface area contributed by atoms with Crippen molar-refractivity contribution in [3.63, 3.8) is 0 Å². The molecule has 7 N–H and O–H groups in total. The molecule has 1 aliphatic heterocycles. The molecule has 29 heavy (non-hydrogen) atoms. The molecular weight excluding hydrogens is 400 g/mol. The molecule has 0 spiro atoms. The van der Waals surface area contributed by atoms with E-state index in [1.807, 2.05) is 0 Å². The number of imidazole rings is 1. The number of aliphatic hydroxyl groups is 2. The van der Waals surface area contributed by atoms with Crippen molar-refractivity contribution in [3.8, 4) is 0 Å². The smallest absolute Gasteiger partial charge is 0.320 e. The highest BCUT2D eigenvalue weighted by molar-refractivity contribution is 7.97. The van der Waals surface area contributed by atoms with E-state index in [9.17, 15) is 15.0 Å². The highest BCUT2D eigenvalue weighted by Crippen LogP contribution is 2.33. The molecule has 0 radical (unpaired) electrons. The molecule has 6 atom stereocenters. The first kappa shape index (κ1) is 21.5. The van der Waals surface area contributed by atoms with E-state index in [1.54, 1.807) is 6.08 Å². The van der Waals surface area contributed by atoms with Crippen LogP contribution in [0.5, 0.6) is 0 Å². The SMILES string of the molecule is C=CC[S+](CC[C@H](N)C(=O)O)C[C@H]1O[C@@H](n2cnc3c(N)ncnc32)[C@@H](O)C1O. The number of hydrogen-bond donors (Lipinski definition) is 5. The van der Waals surface area contributed by atoms with Crippen molar-refractivity contribution in [3.05, 3.63) is 25.3 Å². The predicted octanol–water partition coefficient (Wildman–Crippen LogP) is -1.37. The maximum atomic E-state index is 10.9. The molecule has 1 aliphatic rings. The molecule has 12 heteroatoms. The number of nitrogens with zero attached hydrogens (tertiary/aromatic N) is 4. The molecule has 2 unspecified atom stereocenters. The van der Waals surface area contributed by atoms with Crippen LogP contribution < -0.4 is 11.5 Å². The Morgan fingerprint density at radius 1 is 1.38 bits per heavy atom. The third-order valence-corrected chi connectivity index (χ3v) is 7.11. The van der Waals surface area contributed by atoms with Gasteiger partial charge in [0.25, 0.3) is 0 Å². The minimum Gasteiger partial charge on any atom is -0.480 e. The van der Waals surface area contributed by atoms with Gasteiger partial charge >= 0.3 is 5.97 Å². The summed E-state index contributed by atoms with van der Waals surface area (Å²) in [7, 11) is -0.308. The number of aliphatic hydroxyl groups excluding tert-OH is 2. The fourth-order valence-corrected chi connectivity index (χ4v) is 5.33. The molecule has 0 aliphatic carbocycles. The topological polar surface area (TPSA) is 183 Å². The number of rotatable bonds is 9. The van der Waals surface area contributed by atoms with Gasteiger partial charge < -0.3 is 31.5 Å². The summed E-state index contributed by atoms with van der Waals surface area (Å²) in [6.07, 6.45) is 0.943. The average molecular weight is 425 g/mol. The molecule has 11 nitrogen and oxygen atoms in total. The molecular formula is C17H25N6O5S+. The molecule has 158 valence electrons. The zero-order valence-electron chi connectivity index (χ0n) is 15.7. The number of hydrogen-bond acceptors (Lipinski definition) is 9. The Labute approximate surface area is 169 Å². The summed E-state index contributed by atoms with van der Waals surface area (Å²) >= 11 is 0. The Kier molecular flexibility index (Phi) is 6.70. The number of nitrogen functional groups attached to an aromatic ring is 1. The summed E-state index contributed by atoms with van der Waals surface area (Å²) in [6.45, 7) is 3.74. The molecule has 1 fully saturated rings. The number of carboxylic acids is 1. The van der Waals surface area contributed by atoms with Crippen molar-refractivity contribution < 1.29 is 24.9 Å². The van der Waals surface area contributed by atoms with Gasteiger partial charge in [-0.2, -0.15) is 0 Å². The van der Waals surface area contributed by atoms with E-state index in [2.05, 4.69) is 21.5 Å². The lowest BCUT2D eigenvalue weighted by Gasteiger charge is -2.16. The highest BCUT2D eigenvalue weighted by Gasteiger charge is 2.47. The number of fused-ring (bicyclic) bond motifs is 1. The van der Waals surface area contributed by atoms with E-state index in [0.29, 0.717) is 34.8 Å². The monoisotopic (exact) mass is 425 g/mol. The van der Waals surface area contributed by atoms with Gasteiger partial charge in [-0.1, -0.05) is 6.58 Å². The van der Waals surface area contributed by atoms with E-state index in [0.717, 1.165) is 0 Å². The quantitative estimate of drug-likeness (QED) is 0.237. The van der Waals surface area contributed by atoms with Crippen LogP contribution in [0.3, 0.4) is 0 Å². The van der Waals surface area contributed by atoms with Gasteiger partial charge in [0.1, 0.15) is 53.5 Å². The van der Waals surface area contributed by atoms with E-state index in [-0.39, 0.29) is 16.7 Å². The van der Waals surface area contributed by atoms with Gasteiger partial charge in [-0.25, -0.2) is 15.0 Å². The van der Waals surface area contributed by atoms with Crippen molar-refractivity contribution in [2.24, 2.45) is 5.73 Å². The fourth-order valence-electron chi connectivity index (χ4n) is 3.20. The van der Waals surface area contributed by atoms with Gasteiger partial charge in [0.15, 0.2) is 17.7 Å². The Balaban J connectivity index is 1.73. The van der Waals surface area contributed by atoms with Crippen LogP contribution in [0.15, 0.2) is 25.3 Å². The van der Waals surface area contributed by atoms with Crippen LogP contribution in [-0.2, 0) is 20.4 Å². The minimum atomic E-state index is -1.19. The Bertz CT molecular complexity index is 879. The lowest BCUT2D eigenvalue weighted by atomic mass is 10.1. The van der Waals surface area contributed by atoms with Crippen LogP contribution in [0.4, 0.5) is 5.82 Å². The molecule has 0 aromatic carbocycles. The van der Waals surface area contributed by atoms with Gasteiger partial charge in [0.2, 0.25) is 0 Å². The first-order valence-electron chi connectivity index (χ1n) is 9.01. The van der Waals surface area contributed by atoms with E-state index < -0.39 is 36.6 Å². The Morgan fingerprint density at radius 2 is 2.14 bits per heavy atom. The van der Waals surface area contributed by atoms with Crippen LogP contribution in [0.2, 0.25) is 0 Å². The average Bonchev–Trinajstić information content (AvgIpc) is 3.23. The van der Waals surface area contributed by atoms with Crippen LogP contribution in [0.25, 0.3) is 11.2 Å². The summed E-state index contributed by atoms with van der Waals surface area (Å²) in [6, 6.07) is -0.940. The van der Waals surface area contributed by atoms with Crippen LogP contribution in [0.1, 0.15) is 12.6 Å². The number of nitrogens with two attached hydrogens (primary N) is 2. The summed E-state index contributed by atoms with van der Waals surface area (Å²) < 4.78 is 7.48. The normalized spacial score (nSPS) is 26.4. The summed E-state index contributed by atoms with van der Waals surface area (Å²) in [5.41, 5.74) is 12.2. The van der Waals surface area contributed by atoms with Crippen molar-refractivity contribution in [1.29, 1.82) is 0 Å². The van der Waals surface area contributed by atoms with Gasteiger partial charge in [-0.15, -0.1) is 0 Å². The van der Waals surface area contributed by atoms with Crippen molar-refractivity contribution in [2.45, 2.75) is 37.0 Å². The number of aromatic nitrogens is 4. The number of carbonyl (C=O) groups is 1. The highest BCUT2D eigenvalue weighted by atomic mass is 32.2. The summed E-state index contributed by atoms with van der Waals surface area (Å²) in [5, 5.41) is 30.0. The van der Waals surface area contributed by atoms with Crippen LogP contribution in [0, 0.1) is 0 Å². The first-order valence-corrected chi connectivity index (χ1v) is 10.7. The molecule has 0 saturated carbocycles. The zero-order valence-corrected chi connectivity index (χ0v) is 16.5. The van der Waals surface area contributed by atoms with Crippen molar-refractivity contribution in [2.75, 3.05) is 23.0 Å². The third-order valence-electron chi connectivity index (χ3n) is 4.79. The second-order valence-electron chi connectivity index (χ2n) is 6.80. The largest absolute Gasteiger partial charge is 0.480 e. The minimum absolute atomic E-state index is 0.209. The van der Waals surface area contributed by atoms with E-state index in [4.69, 9.17) is 21.3 Å². The molecule has 2 aromatic heterocycles. The van der Waals surface area contributed by atoms with Crippen LogP contribution >= 0.6 is 0 Å². The zero-order chi connectivity index (χ0) is 21.1. The Morgan fingerprint density at radius 3 is 2.83 bits per heavy atom. The predicted molar refractivity (Wildman–Crippen MR) is 108 cm³/mol. The maximum absolute atomic E-state index is 10.9. The second kappa shape index (κ2) is 9.05. The van der Waals surface area contributed by atoms with Gasteiger partial charge in [0, 0.05) is 6.42 Å². The molecule has 3 rings (SSSR count). The molecule has 0 bridgehead atoms. The Hall–Kier alpha value is -2.25. The lowest BCUT2D eigenvalue weighted by molar-refractivity contribution is -0.138. The van der Waals surface area contributed by atoms with E-state index >= 15 is 0 Å². The maximum Gasteiger partial charge on any atom is 0.320 e. The number of ether oxygens (including phenoxy) is 1. The summed E-state index contributed by atoms with van der Waals surface area (Å²) in [5.74, 6) is 0.799. The number of anilines is 1. The third kappa shape index (κ3) is 4.51. The molecule has 1 saturated heterocycles. The van der Waals surface area contributed by atoms with Gasteiger partial charge in [-0.05, 0) is 17.0 Å². The van der Waals surface area contributed by atoms with E-state index in [1.165, 1.54) is 17.2 Å². The van der Waals surface area contributed by atoms with Crippen molar-refractivity contribution >= 4 is 33.8 Å². The van der Waals surface area contributed by atoms with Gasteiger partial charge in [0.05, 0.1) is 6.33 Å². The van der Waals surface area contributed by atoms with Crippen LogP contribution in [-0.4, -0.2) is 82.4 Å². The molecule has 2 aromatic rings. The van der Waals surface area contributed by atoms with Gasteiger partial charge in [-0.3, -0.25) is 9.36 Å². The number of aliphatic carboxylic acids is 1. The standard InChI is InChI=1S/C17H24N6O5S/c1-2-4-29(5-3-9(18)17(26)27)6-10-12(24)13(25)16(28-10)23-8-22-11-14(19)20-7-21-15(11)23/h2,7-10,12-13,16,24-25H,1,3-6,18H2,(H2-,19,20,21,26,27)/p+1/t9-,10+,12?,13-,16+,29?/m0/s1. The second-order valence-corrected chi connectivity index (χ2v) is 9.10. The van der Waals surface area contributed by atoms with Crippen molar-refractivity contribution in [1.82, 2.24) is 19.5 Å². The fraction of sp³-hybridized carbons (Fsp3) is 0.529. The molecule has 0 amide bonds.